The van der Waals surface area contributed by atoms with Gasteiger partial charge in [0.2, 0.25) is 0 Å². The van der Waals surface area contributed by atoms with E-state index in [1.807, 2.05) is 0 Å². The maximum absolute atomic E-state index is 10.7. The Bertz CT molecular complexity index is 627. The molecule has 1 saturated heterocycles. The Morgan fingerprint density at radius 2 is 1.92 bits per heavy atom. The second-order valence-electron chi connectivity index (χ2n) is 4.46. The fourth-order valence-electron chi connectivity index (χ4n) is 1.99. The van der Waals surface area contributed by atoms with Crippen LogP contribution in [0, 0.1) is 0 Å². The van der Waals surface area contributed by atoms with E-state index in [4.69, 9.17) is 10.5 Å². The first-order chi connectivity index (χ1) is 10.1. The van der Waals surface area contributed by atoms with Gasteiger partial charge in [-0.25, -0.2) is 4.98 Å². The van der Waals surface area contributed by atoms with E-state index in [1.165, 1.54) is 0 Å². The molecule has 0 aromatic carbocycles. The summed E-state index contributed by atoms with van der Waals surface area (Å²) in [6.07, 6.45) is -4.93. The summed E-state index contributed by atoms with van der Waals surface area (Å²) in [4.78, 5) is 35.0. The predicted octanol–water partition coefficient (Wildman–Crippen LogP) is -13.7. The van der Waals surface area contributed by atoms with E-state index in [-0.39, 0.29) is 56.6 Å². The number of carboxylic acids is 1. The van der Waals surface area contributed by atoms with Gasteiger partial charge in [0.05, 0.1) is 26.7 Å². The summed E-state index contributed by atoms with van der Waals surface area (Å²) >= 11 is 0. The van der Waals surface area contributed by atoms with Crippen molar-refractivity contribution >= 4 is 19.6 Å². The SMILES string of the molecule is Nc1c(C(=O)[O-])ncn1[C@@H]1O[C@H](COP(=O)([O-])[O-])[C@@H](O)[C@H]1O.[Li+].[Li+].[Li+]. The van der Waals surface area contributed by atoms with Gasteiger partial charge < -0.3 is 49.5 Å². The van der Waals surface area contributed by atoms with Crippen molar-refractivity contribution in [3.8, 4) is 0 Å². The number of nitrogens with zero attached hydrogens (tertiary/aromatic N) is 2. The number of nitrogen functional groups attached to an aromatic ring is 1. The molecule has 1 aromatic rings. The van der Waals surface area contributed by atoms with Gasteiger partial charge in [-0.05, 0) is 0 Å². The summed E-state index contributed by atoms with van der Waals surface area (Å²) in [6, 6.07) is 0. The Morgan fingerprint density at radius 1 is 1.36 bits per heavy atom. The number of phosphoric ester groups is 1. The smallest absolute Gasteiger partial charge is 0.790 e. The first-order valence-electron chi connectivity index (χ1n) is 5.83. The Kier molecular flexibility index (Phi) is 11.6. The van der Waals surface area contributed by atoms with E-state index in [1.54, 1.807) is 0 Å². The van der Waals surface area contributed by atoms with E-state index in [0.29, 0.717) is 0 Å². The Morgan fingerprint density at radius 3 is 2.36 bits per heavy atom. The summed E-state index contributed by atoms with van der Waals surface area (Å²) in [5, 5.41) is 30.3. The number of phosphoric acid groups is 1. The van der Waals surface area contributed by atoms with E-state index in [2.05, 4.69) is 9.51 Å². The van der Waals surface area contributed by atoms with Gasteiger partial charge in [-0.3, -0.25) is 4.57 Å². The van der Waals surface area contributed by atoms with Crippen molar-refractivity contribution in [3.63, 3.8) is 0 Å². The van der Waals surface area contributed by atoms with Crippen molar-refractivity contribution in [1.82, 2.24) is 9.55 Å². The topological polar surface area (TPSA) is 206 Å². The van der Waals surface area contributed by atoms with Gasteiger partial charge in [0.15, 0.2) is 6.23 Å². The number of hydrogen-bond acceptors (Lipinski definition) is 11. The zero-order valence-electron chi connectivity index (χ0n) is 13.8. The molecule has 1 aliphatic heterocycles. The third kappa shape index (κ3) is 6.42. The van der Waals surface area contributed by atoms with E-state index < -0.39 is 56.5 Å². The van der Waals surface area contributed by atoms with Crippen LogP contribution in [0.1, 0.15) is 16.7 Å². The number of carboxylic acid groups (broad SMARTS) is 1. The normalized spacial score (nSPS) is 25.4. The maximum atomic E-state index is 10.7. The standard InChI is InChI=1S/C9H14N3O9P.3Li/c10-7-4(9(15)16)11-2-12(7)8-6(14)5(13)3(21-8)1-20-22(17,18)19;;;/h2-3,5-6,8,13-14H,1,10H2,(H,15,16)(H2,17,18,19);;;/q;3*+1/p-3/t3-,5-,6-,8-;;;/m1.../s1. The minimum absolute atomic E-state index is 0. The molecule has 0 spiro atoms. The maximum Gasteiger partial charge on any atom is 1.00 e. The van der Waals surface area contributed by atoms with Crippen LogP contribution in [0.4, 0.5) is 5.82 Å². The number of hydrogen-bond donors (Lipinski definition) is 3. The van der Waals surface area contributed by atoms with E-state index in [0.717, 1.165) is 10.9 Å². The Balaban J connectivity index is 0. The average molecular weight is 357 g/mol. The van der Waals surface area contributed by atoms with Gasteiger partial charge >= 0.3 is 56.6 Å². The molecule has 4 atom stereocenters. The van der Waals surface area contributed by atoms with Gasteiger partial charge in [-0.15, -0.1) is 0 Å². The third-order valence-electron chi connectivity index (χ3n) is 3.03. The molecule has 1 aromatic heterocycles. The molecule has 0 radical (unpaired) electrons. The summed E-state index contributed by atoms with van der Waals surface area (Å²) in [7, 11) is -5.28. The van der Waals surface area contributed by atoms with Crippen LogP contribution >= 0.6 is 7.82 Å². The quantitative estimate of drug-likeness (QED) is 0.333. The summed E-state index contributed by atoms with van der Waals surface area (Å²) < 4.78 is 20.5. The molecule has 2 heterocycles. The fraction of sp³-hybridized carbons (Fsp3) is 0.556. The van der Waals surface area contributed by atoms with Gasteiger partial charge in [0.1, 0.15) is 29.8 Å². The number of rotatable bonds is 5. The van der Waals surface area contributed by atoms with Gasteiger partial charge in [-0.1, -0.05) is 0 Å². The fourth-order valence-corrected chi connectivity index (χ4v) is 2.32. The van der Waals surface area contributed by atoms with Crippen LogP contribution < -0.4 is 77.2 Å². The van der Waals surface area contributed by atoms with E-state index >= 15 is 0 Å². The van der Waals surface area contributed by atoms with Crippen LogP contribution in [0.15, 0.2) is 6.33 Å². The molecule has 0 bridgehead atoms. The number of carbonyl (C=O) groups is 1. The number of aromatic carboxylic acids is 1. The molecule has 124 valence electrons. The van der Waals surface area contributed by atoms with E-state index in [9.17, 15) is 34.5 Å². The van der Waals surface area contributed by atoms with Gasteiger partial charge in [0.25, 0.3) is 0 Å². The number of carbonyl (C=O) groups excluding carboxylic acids is 1. The van der Waals surface area contributed by atoms with Crippen LogP contribution in [0.25, 0.3) is 0 Å². The molecule has 16 heteroatoms. The monoisotopic (exact) mass is 357 g/mol. The minimum Gasteiger partial charge on any atom is -0.790 e. The minimum atomic E-state index is -5.28. The van der Waals surface area contributed by atoms with Gasteiger partial charge in [-0.2, -0.15) is 0 Å². The molecule has 12 nitrogen and oxygen atoms in total. The van der Waals surface area contributed by atoms with Crippen LogP contribution in [0.5, 0.6) is 0 Å². The predicted molar refractivity (Wildman–Crippen MR) is 60.5 cm³/mol. The number of aromatic nitrogens is 2. The number of aliphatic hydroxyl groups excluding tert-OH is 2. The zero-order chi connectivity index (χ0) is 16.7. The molecule has 25 heavy (non-hydrogen) atoms. The molecule has 0 amide bonds. The molecular formula is C9H11Li3N3O9P. The van der Waals surface area contributed by atoms with Gasteiger partial charge in [0, 0.05) is 0 Å². The molecule has 0 saturated carbocycles. The first-order valence-corrected chi connectivity index (χ1v) is 7.29. The second-order valence-corrected chi connectivity index (χ2v) is 5.62. The third-order valence-corrected chi connectivity index (χ3v) is 3.50. The van der Waals surface area contributed by atoms with Crippen molar-refractivity contribution in [3.05, 3.63) is 12.0 Å². The van der Waals surface area contributed by atoms with Crippen LogP contribution in [-0.4, -0.2) is 50.7 Å². The van der Waals surface area contributed by atoms with Crippen molar-refractivity contribution in [2.24, 2.45) is 0 Å². The number of ether oxygens (including phenoxy) is 1. The molecule has 4 N–H and O–H groups in total. The first kappa shape index (κ1) is 27.5. The number of imidazole rings is 1. The zero-order valence-corrected chi connectivity index (χ0v) is 14.7. The number of nitrogens with two attached hydrogens (primary N) is 1. The molecular weight excluding hydrogens is 346 g/mol. The van der Waals surface area contributed by atoms with Crippen molar-refractivity contribution in [1.29, 1.82) is 0 Å². The summed E-state index contributed by atoms with van der Waals surface area (Å²) in [5.41, 5.74) is 4.92. The molecule has 0 aliphatic carbocycles. The summed E-state index contributed by atoms with van der Waals surface area (Å²) in [5.74, 6) is -2.04. The van der Waals surface area contributed by atoms with Crippen molar-refractivity contribution in [2.75, 3.05) is 12.3 Å². The molecule has 1 fully saturated rings. The second kappa shape index (κ2) is 10.6. The Hall–Kier alpha value is 0.262. The van der Waals surface area contributed by atoms with Crippen molar-refractivity contribution in [2.45, 2.75) is 24.5 Å². The van der Waals surface area contributed by atoms with Crippen molar-refractivity contribution < 1.29 is 100 Å². The largest absolute Gasteiger partial charge is 1.00 e. The molecule has 1 aliphatic rings. The number of aliphatic hydroxyl groups is 2. The Labute approximate surface area is 177 Å². The molecule has 0 unspecified atom stereocenters. The summed E-state index contributed by atoms with van der Waals surface area (Å²) in [6.45, 7) is -0.819. The van der Waals surface area contributed by atoms with Crippen LogP contribution in [0.2, 0.25) is 0 Å². The van der Waals surface area contributed by atoms with Crippen LogP contribution in [-0.2, 0) is 13.8 Å². The van der Waals surface area contributed by atoms with Crippen LogP contribution in [0.3, 0.4) is 0 Å². The average Bonchev–Trinajstić information content (AvgIpc) is 2.90. The number of anilines is 1. The molecule has 2 rings (SSSR count).